The number of Topliss-reactive ketones (excluding diaryl/α,β-unsaturated/α-hetero) is 1. The summed E-state index contributed by atoms with van der Waals surface area (Å²) in [5.74, 6) is 1.22. The lowest BCUT2D eigenvalue weighted by molar-refractivity contribution is -0.118. The fraction of sp³-hybridized carbons (Fsp3) is 0.417. The van der Waals surface area contributed by atoms with Crippen molar-refractivity contribution in [2.75, 3.05) is 7.11 Å². The zero-order valence-corrected chi connectivity index (χ0v) is 11.0. The van der Waals surface area contributed by atoms with E-state index in [4.69, 9.17) is 4.74 Å². The molecule has 0 N–H and O–H groups in total. The Hall–Kier alpha value is -0.830. The van der Waals surface area contributed by atoms with Gasteiger partial charge in [-0.3, -0.25) is 4.79 Å². The van der Waals surface area contributed by atoms with Gasteiger partial charge in [-0.05, 0) is 18.2 Å². The topological polar surface area (TPSA) is 26.3 Å². The SMILES string of the molecule is CCC(=O)CC.COc1cccc(Br)c1. The summed E-state index contributed by atoms with van der Waals surface area (Å²) >= 11 is 3.32. The van der Waals surface area contributed by atoms with Crippen LogP contribution < -0.4 is 4.74 Å². The van der Waals surface area contributed by atoms with E-state index >= 15 is 0 Å². The van der Waals surface area contributed by atoms with Crippen molar-refractivity contribution in [3.05, 3.63) is 28.7 Å². The van der Waals surface area contributed by atoms with Gasteiger partial charge in [0.1, 0.15) is 11.5 Å². The Bertz CT molecular complexity index is 291. The maximum Gasteiger partial charge on any atom is 0.132 e. The third-order valence-electron chi connectivity index (χ3n) is 1.82. The summed E-state index contributed by atoms with van der Waals surface area (Å²) in [7, 11) is 1.65. The van der Waals surface area contributed by atoms with E-state index in [9.17, 15) is 4.79 Å². The number of carbonyl (C=O) groups excluding carboxylic acids is 1. The van der Waals surface area contributed by atoms with E-state index in [1.54, 1.807) is 7.11 Å². The van der Waals surface area contributed by atoms with Gasteiger partial charge < -0.3 is 4.74 Å². The minimum absolute atomic E-state index is 0.343. The van der Waals surface area contributed by atoms with Gasteiger partial charge in [-0.1, -0.05) is 35.8 Å². The number of benzene rings is 1. The molecule has 3 heteroatoms. The van der Waals surface area contributed by atoms with Crippen LogP contribution in [0.25, 0.3) is 0 Å². The Morgan fingerprint density at radius 2 is 1.93 bits per heavy atom. The second-order valence-corrected chi connectivity index (χ2v) is 3.82. The molecular weight excluding hydrogens is 256 g/mol. The number of rotatable bonds is 3. The fourth-order valence-corrected chi connectivity index (χ4v) is 1.22. The first-order valence-electron chi connectivity index (χ1n) is 4.95. The average molecular weight is 273 g/mol. The Morgan fingerprint density at radius 1 is 1.33 bits per heavy atom. The van der Waals surface area contributed by atoms with Gasteiger partial charge >= 0.3 is 0 Å². The van der Waals surface area contributed by atoms with Crippen LogP contribution in [0.4, 0.5) is 0 Å². The van der Waals surface area contributed by atoms with Crippen molar-refractivity contribution < 1.29 is 9.53 Å². The molecule has 0 saturated heterocycles. The van der Waals surface area contributed by atoms with E-state index in [2.05, 4.69) is 15.9 Å². The van der Waals surface area contributed by atoms with Crippen LogP contribution in [0.2, 0.25) is 0 Å². The average Bonchev–Trinajstić information content (AvgIpc) is 2.28. The summed E-state index contributed by atoms with van der Waals surface area (Å²) in [6, 6.07) is 7.72. The van der Waals surface area contributed by atoms with E-state index in [-0.39, 0.29) is 0 Å². The molecule has 0 aliphatic heterocycles. The maximum absolute atomic E-state index is 10.2. The molecule has 15 heavy (non-hydrogen) atoms. The summed E-state index contributed by atoms with van der Waals surface area (Å²) in [5.41, 5.74) is 0. The molecule has 0 aliphatic rings. The number of methoxy groups -OCH3 is 1. The second-order valence-electron chi connectivity index (χ2n) is 2.91. The van der Waals surface area contributed by atoms with Crippen LogP contribution in [0.1, 0.15) is 26.7 Å². The molecule has 0 heterocycles. The van der Waals surface area contributed by atoms with Crippen LogP contribution >= 0.6 is 15.9 Å². The second kappa shape index (κ2) is 8.48. The predicted molar refractivity (Wildman–Crippen MR) is 66.3 cm³/mol. The van der Waals surface area contributed by atoms with Crippen molar-refractivity contribution in [3.63, 3.8) is 0 Å². The van der Waals surface area contributed by atoms with Gasteiger partial charge in [0.2, 0.25) is 0 Å². The molecule has 0 unspecified atom stereocenters. The largest absolute Gasteiger partial charge is 0.497 e. The number of ketones is 1. The third kappa shape index (κ3) is 7.14. The van der Waals surface area contributed by atoms with Gasteiger partial charge in [-0.15, -0.1) is 0 Å². The molecule has 0 bridgehead atoms. The lowest BCUT2D eigenvalue weighted by atomic mass is 10.3. The number of carbonyl (C=O) groups is 1. The molecule has 0 atom stereocenters. The zero-order chi connectivity index (χ0) is 11.7. The number of hydrogen-bond acceptors (Lipinski definition) is 2. The van der Waals surface area contributed by atoms with Gasteiger partial charge in [0, 0.05) is 17.3 Å². The van der Waals surface area contributed by atoms with Crippen LogP contribution in [0, 0.1) is 0 Å². The summed E-state index contributed by atoms with van der Waals surface area (Å²) in [4.78, 5) is 10.2. The molecule has 0 saturated carbocycles. The van der Waals surface area contributed by atoms with Crippen molar-refractivity contribution in [1.82, 2.24) is 0 Å². The predicted octanol–water partition coefficient (Wildman–Crippen LogP) is 3.83. The third-order valence-corrected chi connectivity index (χ3v) is 2.31. The van der Waals surface area contributed by atoms with Crippen molar-refractivity contribution in [2.24, 2.45) is 0 Å². The van der Waals surface area contributed by atoms with E-state index in [1.165, 1.54) is 0 Å². The monoisotopic (exact) mass is 272 g/mol. The van der Waals surface area contributed by atoms with E-state index < -0.39 is 0 Å². The highest BCUT2D eigenvalue weighted by Gasteiger charge is 1.88. The maximum atomic E-state index is 10.2. The summed E-state index contributed by atoms with van der Waals surface area (Å²) in [6.45, 7) is 3.76. The van der Waals surface area contributed by atoms with Crippen molar-refractivity contribution in [1.29, 1.82) is 0 Å². The summed E-state index contributed by atoms with van der Waals surface area (Å²) in [5, 5.41) is 0. The smallest absolute Gasteiger partial charge is 0.132 e. The lowest BCUT2D eigenvalue weighted by Crippen LogP contribution is -1.88. The quantitative estimate of drug-likeness (QED) is 0.836. The first kappa shape index (κ1) is 14.2. The zero-order valence-electron chi connectivity index (χ0n) is 9.42. The summed E-state index contributed by atoms with van der Waals surface area (Å²) < 4.78 is 6.01. The van der Waals surface area contributed by atoms with Crippen LogP contribution in [-0.4, -0.2) is 12.9 Å². The van der Waals surface area contributed by atoms with E-state index in [0.717, 1.165) is 10.2 Å². The van der Waals surface area contributed by atoms with Crippen molar-refractivity contribution >= 4 is 21.7 Å². The van der Waals surface area contributed by atoms with Gasteiger partial charge in [0.05, 0.1) is 7.11 Å². The lowest BCUT2D eigenvalue weighted by Gasteiger charge is -1.96. The molecule has 0 radical (unpaired) electrons. The minimum atomic E-state index is 0.343. The molecule has 1 aromatic rings. The Kier molecular flexibility index (Phi) is 8.01. The van der Waals surface area contributed by atoms with E-state index in [1.807, 2.05) is 38.1 Å². The highest BCUT2D eigenvalue weighted by Crippen LogP contribution is 2.16. The van der Waals surface area contributed by atoms with Gasteiger partial charge in [-0.25, -0.2) is 0 Å². The van der Waals surface area contributed by atoms with Crippen molar-refractivity contribution in [2.45, 2.75) is 26.7 Å². The first-order valence-corrected chi connectivity index (χ1v) is 5.74. The number of hydrogen-bond donors (Lipinski definition) is 0. The Morgan fingerprint density at radius 3 is 2.20 bits per heavy atom. The molecule has 0 amide bonds. The molecule has 0 fully saturated rings. The van der Waals surface area contributed by atoms with Crippen LogP contribution in [0.5, 0.6) is 5.75 Å². The molecule has 84 valence electrons. The van der Waals surface area contributed by atoms with E-state index in [0.29, 0.717) is 18.6 Å². The normalized spacial score (nSPS) is 8.80. The Balaban J connectivity index is 0.000000288. The first-order chi connectivity index (χ1) is 7.13. The Labute approximate surface area is 99.8 Å². The standard InChI is InChI=1S/C7H7BrO.C5H10O/c1-9-7-4-2-3-6(8)5-7;1-3-5(6)4-2/h2-5H,1H3;3-4H2,1-2H3. The highest BCUT2D eigenvalue weighted by atomic mass is 79.9. The van der Waals surface area contributed by atoms with Crippen molar-refractivity contribution in [3.8, 4) is 5.75 Å². The molecule has 1 aromatic carbocycles. The summed E-state index contributed by atoms with van der Waals surface area (Å²) in [6.07, 6.45) is 1.38. The number of halogens is 1. The fourth-order valence-electron chi connectivity index (χ4n) is 0.844. The number of ether oxygens (including phenoxy) is 1. The van der Waals surface area contributed by atoms with Crippen LogP contribution in [0.15, 0.2) is 28.7 Å². The van der Waals surface area contributed by atoms with Gasteiger partial charge in [0.25, 0.3) is 0 Å². The van der Waals surface area contributed by atoms with Crippen LogP contribution in [-0.2, 0) is 4.79 Å². The molecule has 2 nitrogen and oxygen atoms in total. The molecule has 0 aromatic heterocycles. The molecular formula is C12H17BrO2. The van der Waals surface area contributed by atoms with Gasteiger partial charge in [-0.2, -0.15) is 0 Å². The minimum Gasteiger partial charge on any atom is -0.497 e. The highest BCUT2D eigenvalue weighted by molar-refractivity contribution is 9.10. The molecule has 0 spiro atoms. The van der Waals surface area contributed by atoms with Crippen LogP contribution in [0.3, 0.4) is 0 Å². The van der Waals surface area contributed by atoms with Gasteiger partial charge in [0.15, 0.2) is 0 Å². The molecule has 0 aliphatic carbocycles. The molecule has 1 rings (SSSR count).